The number of nitrogens with one attached hydrogen (secondary N) is 1. The predicted molar refractivity (Wildman–Crippen MR) is 162 cm³/mol. The number of hydrogen-bond acceptors (Lipinski definition) is 4. The number of aryl methyl sites for hydroxylation is 1. The number of ether oxygens (including phenoxy) is 2. The molecule has 1 N–H and O–H groups in total. The van der Waals surface area contributed by atoms with Gasteiger partial charge >= 0.3 is 0 Å². The molecule has 1 amide bonds. The quantitative estimate of drug-likeness (QED) is 0.136. The van der Waals surface area contributed by atoms with Crippen LogP contribution >= 0.6 is 11.3 Å². The second kappa shape index (κ2) is 19.7. The third kappa shape index (κ3) is 12.4. The predicted octanol–water partition coefficient (Wildman–Crippen LogP) is 5.74. The zero-order valence-corrected chi connectivity index (χ0v) is 27.0. The largest absolute Gasteiger partial charge is 1.00 e. The number of halogens is 1. The zero-order chi connectivity index (χ0) is 27.7. The van der Waals surface area contributed by atoms with Crippen molar-refractivity contribution in [1.82, 2.24) is 0 Å². The van der Waals surface area contributed by atoms with Crippen molar-refractivity contribution in [1.29, 1.82) is 0 Å². The molecule has 220 valence electrons. The number of methoxy groups -OCH3 is 1. The summed E-state index contributed by atoms with van der Waals surface area (Å²) in [5.41, 5.74) is 4.47. The Bertz CT molecular complexity index is 1130. The van der Waals surface area contributed by atoms with Crippen LogP contribution in [0, 0.1) is 6.92 Å². The Balaban J connectivity index is 0.00000560. The number of amides is 1. The first kappa shape index (κ1) is 33.8. The summed E-state index contributed by atoms with van der Waals surface area (Å²) in [5, 5.41) is 3.05. The van der Waals surface area contributed by atoms with Gasteiger partial charge in [0, 0.05) is 17.2 Å². The van der Waals surface area contributed by atoms with E-state index in [9.17, 15) is 4.79 Å². The lowest BCUT2D eigenvalue weighted by molar-refractivity contribution is -0.683. The Hall–Kier alpha value is -2.38. The van der Waals surface area contributed by atoms with Gasteiger partial charge in [0.1, 0.15) is 11.5 Å². The first-order chi connectivity index (χ1) is 19.1. The minimum atomic E-state index is -0.149. The first-order valence-electron chi connectivity index (χ1n) is 14.7. The third-order valence-corrected chi connectivity index (χ3v) is 7.82. The van der Waals surface area contributed by atoms with Crippen molar-refractivity contribution in [2.24, 2.45) is 0 Å². The number of anilines is 1. The van der Waals surface area contributed by atoms with Crippen LogP contribution in [0.3, 0.4) is 0 Å². The number of carbonyl (C=O) groups excluding carboxylic acids is 1. The maximum atomic E-state index is 13.1. The van der Waals surface area contributed by atoms with Crippen LogP contribution in [-0.4, -0.2) is 19.6 Å². The Kier molecular flexibility index (Phi) is 16.6. The minimum absolute atomic E-state index is 0. The van der Waals surface area contributed by atoms with E-state index < -0.39 is 0 Å². The van der Waals surface area contributed by atoms with E-state index in [2.05, 4.69) is 35.4 Å². The molecular weight excluding hydrogens is 584 g/mol. The molecule has 5 nitrogen and oxygen atoms in total. The normalized spacial score (nSPS) is 10.7. The third-order valence-electron chi connectivity index (χ3n) is 6.97. The van der Waals surface area contributed by atoms with Gasteiger partial charge in [-0.1, -0.05) is 101 Å². The molecule has 1 heterocycles. The molecule has 7 heteroatoms. The van der Waals surface area contributed by atoms with Gasteiger partial charge in [-0.25, -0.2) is 0 Å². The highest BCUT2D eigenvalue weighted by Crippen LogP contribution is 2.30. The summed E-state index contributed by atoms with van der Waals surface area (Å²) in [5.74, 6) is 1.21. The summed E-state index contributed by atoms with van der Waals surface area (Å²) >= 11 is 1.72. The van der Waals surface area contributed by atoms with E-state index >= 15 is 0 Å². The van der Waals surface area contributed by atoms with E-state index in [-0.39, 0.29) is 22.9 Å². The van der Waals surface area contributed by atoms with Crippen LogP contribution in [0.5, 0.6) is 11.5 Å². The summed E-state index contributed by atoms with van der Waals surface area (Å²) in [7, 11) is 1.64. The second-order valence-electron chi connectivity index (χ2n) is 10.4. The lowest BCUT2D eigenvalue weighted by Gasteiger charge is -2.14. The summed E-state index contributed by atoms with van der Waals surface area (Å²) in [4.78, 5) is 14.4. The smallest absolute Gasteiger partial charge is 0.255 e. The van der Waals surface area contributed by atoms with E-state index in [4.69, 9.17) is 9.47 Å². The van der Waals surface area contributed by atoms with Crippen LogP contribution in [-0.2, 0) is 6.54 Å². The molecule has 0 aliphatic rings. The molecule has 0 fully saturated rings. The highest BCUT2D eigenvalue weighted by molar-refractivity contribution is 7.09. The fourth-order valence-electron chi connectivity index (χ4n) is 4.72. The Labute approximate surface area is 256 Å². The van der Waals surface area contributed by atoms with Gasteiger partial charge in [0.15, 0.2) is 12.7 Å². The van der Waals surface area contributed by atoms with E-state index in [1.807, 2.05) is 42.5 Å². The van der Waals surface area contributed by atoms with E-state index in [1.165, 1.54) is 69.1 Å². The van der Waals surface area contributed by atoms with Crippen LogP contribution in [0.15, 0.2) is 54.2 Å². The van der Waals surface area contributed by atoms with Gasteiger partial charge in [0.05, 0.1) is 24.3 Å². The fraction of sp³-hybridized carbons (Fsp3) is 0.515. The molecule has 0 saturated carbocycles. The van der Waals surface area contributed by atoms with Crippen LogP contribution in [0.1, 0.15) is 105 Å². The van der Waals surface area contributed by atoms with Crippen LogP contribution in [0.4, 0.5) is 5.69 Å². The van der Waals surface area contributed by atoms with Gasteiger partial charge in [0.2, 0.25) is 5.51 Å². The summed E-state index contributed by atoms with van der Waals surface area (Å²) < 4.78 is 13.7. The number of benzene rings is 2. The maximum absolute atomic E-state index is 13.1. The number of carbonyl (C=O) groups is 1. The summed E-state index contributed by atoms with van der Waals surface area (Å²) in [6.07, 6.45) is 17.8. The van der Waals surface area contributed by atoms with E-state index in [1.54, 1.807) is 18.4 Å². The van der Waals surface area contributed by atoms with Crippen molar-refractivity contribution in [2.75, 3.05) is 19.0 Å². The van der Waals surface area contributed by atoms with Crippen molar-refractivity contribution in [3.05, 3.63) is 70.2 Å². The maximum Gasteiger partial charge on any atom is 0.255 e. The number of hydrogen-bond donors (Lipinski definition) is 1. The zero-order valence-electron chi connectivity index (χ0n) is 24.6. The molecule has 0 atom stereocenters. The van der Waals surface area contributed by atoms with Crippen LogP contribution < -0.4 is 36.3 Å². The lowest BCUT2D eigenvalue weighted by Crippen LogP contribution is -3.00. The van der Waals surface area contributed by atoms with E-state index in [0.717, 1.165) is 24.9 Å². The molecule has 0 bridgehead atoms. The molecule has 0 aliphatic carbocycles. The molecule has 0 spiro atoms. The SMILES string of the molecule is CCCCCCCCCCCCCCOc1cc(OC)ccc1NC(=O)c1cccc(C[n+]2csc(C)c2)c1.[Br-]. The summed E-state index contributed by atoms with van der Waals surface area (Å²) in [6.45, 7) is 5.73. The van der Waals surface area contributed by atoms with Gasteiger partial charge < -0.3 is 31.8 Å². The molecule has 40 heavy (non-hydrogen) atoms. The Morgan fingerprint density at radius 3 is 2.20 bits per heavy atom. The van der Waals surface area contributed by atoms with Gasteiger partial charge in [-0.15, -0.1) is 0 Å². The molecule has 3 aromatic rings. The monoisotopic (exact) mass is 630 g/mol. The standard InChI is InChI=1S/C33H46N2O3S.BrH/c1-4-5-6-7-8-9-10-11-12-13-14-15-21-38-32-23-30(37-3)19-20-31(32)34-33(36)29-18-16-17-28(22-29)25-35-24-27(2)39-26-35;/h16-20,22-24,26H,4-15,21,25H2,1-3H3;1H. The number of aromatic nitrogens is 1. The van der Waals surface area contributed by atoms with Gasteiger partial charge in [-0.3, -0.25) is 4.79 Å². The molecule has 2 aromatic carbocycles. The molecule has 1 aromatic heterocycles. The Morgan fingerprint density at radius 1 is 0.900 bits per heavy atom. The van der Waals surface area contributed by atoms with E-state index in [0.29, 0.717) is 29.4 Å². The van der Waals surface area contributed by atoms with Crippen molar-refractivity contribution >= 4 is 22.9 Å². The average Bonchev–Trinajstić information content (AvgIpc) is 3.36. The molecule has 0 saturated heterocycles. The van der Waals surface area contributed by atoms with Crippen molar-refractivity contribution in [3.8, 4) is 11.5 Å². The highest BCUT2D eigenvalue weighted by Gasteiger charge is 2.13. The van der Waals surface area contributed by atoms with Crippen molar-refractivity contribution in [2.45, 2.75) is 97.4 Å². The van der Waals surface area contributed by atoms with Crippen molar-refractivity contribution < 1.29 is 35.8 Å². The highest BCUT2D eigenvalue weighted by atomic mass is 79.9. The minimum Gasteiger partial charge on any atom is -1.00 e. The molecule has 0 unspecified atom stereocenters. The molecule has 0 radical (unpaired) electrons. The fourth-order valence-corrected chi connectivity index (χ4v) is 5.36. The van der Waals surface area contributed by atoms with Gasteiger partial charge in [-0.05, 0) is 37.6 Å². The number of thiazole rings is 1. The number of nitrogens with zero attached hydrogens (tertiary/aromatic N) is 1. The number of rotatable bonds is 19. The molecular formula is C33H47BrN2O3S. The summed E-state index contributed by atoms with van der Waals surface area (Å²) in [6, 6.07) is 13.3. The molecule has 0 aliphatic heterocycles. The second-order valence-corrected chi connectivity index (χ2v) is 11.5. The van der Waals surface area contributed by atoms with Crippen LogP contribution in [0.2, 0.25) is 0 Å². The first-order valence-corrected chi connectivity index (χ1v) is 15.6. The van der Waals surface area contributed by atoms with Crippen molar-refractivity contribution in [3.63, 3.8) is 0 Å². The number of unbranched alkanes of at least 4 members (excludes halogenated alkanes) is 11. The Morgan fingerprint density at radius 2 is 1.57 bits per heavy atom. The lowest BCUT2D eigenvalue weighted by atomic mass is 10.1. The molecule has 3 rings (SSSR count). The van der Waals surface area contributed by atoms with Gasteiger partial charge in [-0.2, -0.15) is 4.57 Å². The van der Waals surface area contributed by atoms with Gasteiger partial charge in [0.25, 0.3) is 5.91 Å². The van der Waals surface area contributed by atoms with Crippen LogP contribution in [0.25, 0.3) is 0 Å². The average molecular weight is 632 g/mol. The topological polar surface area (TPSA) is 51.4 Å².